The van der Waals surface area contributed by atoms with Crippen LogP contribution in [0.3, 0.4) is 0 Å². The van der Waals surface area contributed by atoms with Gasteiger partial charge in [0.1, 0.15) is 0 Å². The molecule has 0 aromatic rings. The molecular formula is C3H4Cl2N2O. The smallest absolute Gasteiger partial charge is 0.254 e. The minimum absolute atomic E-state index is 0.272. The molecule has 1 aliphatic heterocycles. The molecule has 8 heavy (non-hydrogen) atoms. The van der Waals surface area contributed by atoms with E-state index < -0.39 is 11.1 Å². The maximum atomic E-state index is 10.4. The van der Waals surface area contributed by atoms with Crippen molar-refractivity contribution >= 4 is 29.1 Å². The van der Waals surface area contributed by atoms with Crippen LogP contribution in [0.5, 0.6) is 0 Å². The average molecular weight is 155 g/mol. The number of hydrogen-bond donors (Lipinski definition) is 2. The molecule has 1 heterocycles. The van der Waals surface area contributed by atoms with Gasteiger partial charge < -0.3 is 5.32 Å². The summed E-state index contributed by atoms with van der Waals surface area (Å²) in [7, 11) is 0. The largest absolute Gasteiger partial charge is 0.325 e. The molecule has 0 radical (unpaired) electrons. The highest BCUT2D eigenvalue weighted by molar-refractivity contribution is 6.33. The third kappa shape index (κ3) is 1.05. The molecule has 0 saturated carbocycles. The summed E-state index contributed by atoms with van der Waals surface area (Å²) in [5, 5.41) is 4.89. The minimum Gasteiger partial charge on any atom is -0.325 e. The van der Waals surface area contributed by atoms with Crippen LogP contribution >= 0.6 is 23.2 Å². The summed E-state index contributed by atoms with van der Waals surface area (Å²) in [5.74, 6) is -0.272. The molecule has 0 aliphatic carbocycles. The normalized spacial score (nSPS) is 37.5. The second kappa shape index (κ2) is 2.09. The fourth-order valence-corrected chi connectivity index (χ4v) is 0.931. The van der Waals surface area contributed by atoms with Gasteiger partial charge in [-0.15, -0.1) is 0 Å². The number of nitrogens with one attached hydrogen (secondary N) is 2. The lowest BCUT2D eigenvalue weighted by Crippen LogP contribution is -2.25. The van der Waals surface area contributed by atoms with Crippen molar-refractivity contribution in [1.82, 2.24) is 10.6 Å². The number of hydrogen-bond acceptors (Lipinski definition) is 2. The molecule has 0 spiro atoms. The molecule has 1 rings (SSSR count). The van der Waals surface area contributed by atoms with Crippen LogP contribution in [-0.4, -0.2) is 17.0 Å². The Hall–Kier alpha value is 0.01000. The summed E-state index contributed by atoms with van der Waals surface area (Å²) in [4.78, 5) is 10.4. The third-order valence-electron chi connectivity index (χ3n) is 0.792. The van der Waals surface area contributed by atoms with Gasteiger partial charge in [0.2, 0.25) is 0 Å². The topological polar surface area (TPSA) is 41.1 Å². The molecule has 46 valence electrons. The molecule has 1 aliphatic rings. The van der Waals surface area contributed by atoms with Gasteiger partial charge in [-0.05, 0) is 0 Å². The molecule has 1 saturated heterocycles. The van der Waals surface area contributed by atoms with Gasteiger partial charge in [0.05, 0.1) is 0 Å². The molecule has 5 heteroatoms. The van der Waals surface area contributed by atoms with Gasteiger partial charge in [-0.2, -0.15) is 0 Å². The van der Waals surface area contributed by atoms with E-state index in [4.69, 9.17) is 23.2 Å². The van der Waals surface area contributed by atoms with Crippen LogP contribution in [0.2, 0.25) is 0 Å². The van der Waals surface area contributed by atoms with Gasteiger partial charge in [0.15, 0.2) is 11.1 Å². The molecule has 0 aromatic carbocycles. The predicted molar refractivity (Wildman–Crippen MR) is 30.6 cm³/mol. The van der Waals surface area contributed by atoms with Crippen LogP contribution in [0.15, 0.2) is 0 Å². The second-order valence-electron chi connectivity index (χ2n) is 1.40. The summed E-state index contributed by atoms with van der Waals surface area (Å²) in [5.41, 5.74) is -1.18. The number of carbonyl (C=O) groups is 1. The van der Waals surface area contributed by atoms with Crippen LogP contribution in [0, 0.1) is 0 Å². The van der Waals surface area contributed by atoms with Gasteiger partial charge in [-0.1, -0.05) is 23.2 Å². The van der Waals surface area contributed by atoms with E-state index in [1.807, 2.05) is 0 Å². The van der Waals surface area contributed by atoms with E-state index in [0.29, 0.717) is 0 Å². The first-order chi connectivity index (χ1) is 3.70. The maximum Gasteiger partial charge on any atom is 0.254 e. The van der Waals surface area contributed by atoms with Crippen molar-refractivity contribution in [3.05, 3.63) is 0 Å². The zero-order valence-electron chi connectivity index (χ0n) is 3.82. The monoisotopic (exact) mass is 154 g/mol. The molecular weight excluding hydrogens is 151 g/mol. The number of carbonyl (C=O) groups excluding carboxylic acids is 1. The molecule has 1 amide bonds. The Morgan fingerprint density at radius 3 is 2.25 bits per heavy atom. The summed E-state index contributed by atoms with van der Waals surface area (Å²) in [6.45, 7) is 0. The molecule has 1 fully saturated rings. The van der Waals surface area contributed by atoms with Crippen molar-refractivity contribution < 1.29 is 4.79 Å². The number of alkyl halides is 2. The maximum absolute atomic E-state index is 10.4. The van der Waals surface area contributed by atoms with Gasteiger partial charge in [0.25, 0.3) is 5.91 Å². The van der Waals surface area contributed by atoms with Crippen LogP contribution in [0.25, 0.3) is 0 Å². The lowest BCUT2D eigenvalue weighted by atomic mass is 10.6. The minimum atomic E-state index is -0.669. The van der Waals surface area contributed by atoms with E-state index in [1.54, 1.807) is 0 Å². The Labute approximate surface area is 56.3 Å². The van der Waals surface area contributed by atoms with Crippen molar-refractivity contribution in [3.63, 3.8) is 0 Å². The van der Waals surface area contributed by atoms with Crippen LogP contribution < -0.4 is 10.6 Å². The van der Waals surface area contributed by atoms with Crippen LogP contribution in [-0.2, 0) is 4.79 Å². The summed E-state index contributed by atoms with van der Waals surface area (Å²) in [6, 6.07) is 0. The van der Waals surface area contributed by atoms with Gasteiger partial charge in [-0.25, -0.2) is 0 Å². The van der Waals surface area contributed by atoms with Crippen LogP contribution in [0.4, 0.5) is 0 Å². The Kier molecular flexibility index (Phi) is 1.60. The summed E-state index contributed by atoms with van der Waals surface area (Å²) in [6.07, 6.45) is 0. The highest BCUT2D eigenvalue weighted by atomic mass is 35.5. The molecule has 2 atom stereocenters. The molecule has 2 unspecified atom stereocenters. The van der Waals surface area contributed by atoms with E-state index in [-0.39, 0.29) is 5.91 Å². The molecule has 3 nitrogen and oxygen atoms in total. The van der Waals surface area contributed by atoms with Crippen molar-refractivity contribution in [2.45, 2.75) is 11.1 Å². The third-order valence-corrected chi connectivity index (χ3v) is 1.35. The zero-order chi connectivity index (χ0) is 6.15. The Morgan fingerprint density at radius 2 is 2.12 bits per heavy atom. The average Bonchev–Trinajstić information content (AvgIpc) is 1.85. The van der Waals surface area contributed by atoms with E-state index >= 15 is 0 Å². The molecule has 0 bridgehead atoms. The Bertz CT molecular complexity index is 118. The van der Waals surface area contributed by atoms with Gasteiger partial charge >= 0.3 is 0 Å². The highest BCUT2D eigenvalue weighted by Gasteiger charge is 2.26. The fraction of sp³-hybridized carbons (Fsp3) is 0.667. The highest BCUT2D eigenvalue weighted by Crippen LogP contribution is 2.02. The molecule has 2 N–H and O–H groups in total. The van der Waals surface area contributed by atoms with Crippen molar-refractivity contribution in [3.8, 4) is 0 Å². The van der Waals surface area contributed by atoms with E-state index in [9.17, 15) is 4.79 Å². The quantitative estimate of drug-likeness (QED) is 0.375. The summed E-state index contributed by atoms with van der Waals surface area (Å²) < 4.78 is 0. The Morgan fingerprint density at radius 1 is 1.50 bits per heavy atom. The summed E-state index contributed by atoms with van der Waals surface area (Å²) >= 11 is 10.7. The van der Waals surface area contributed by atoms with Crippen molar-refractivity contribution in [1.29, 1.82) is 0 Å². The molecule has 0 aromatic heterocycles. The van der Waals surface area contributed by atoms with E-state index in [0.717, 1.165) is 0 Å². The number of amides is 1. The standard InChI is InChI=1S/C3H4Cl2N2O/c4-1-2(8)7-3(5)6-1/h1,3,6H,(H,7,8). The van der Waals surface area contributed by atoms with Gasteiger partial charge in [-0.3, -0.25) is 10.1 Å². The van der Waals surface area contributed by atoms with E-state index in [1.165, 1.54) is 0 Å². The zero-order valence-corrected chi connectivity index (χ0v) is 5.33. The first-order valence-corrected chi connectivity index (χ1v) is 2.92. The Balaban J connectivity index is 2.51. The first kappa shape index (κ1) is 6.13. The van der Waals surface area contributed by atoms with Gasteiger partial charge in [0, 0.05) is 0 Å². The fourth-order valence-electron chi connectivity index (χ4n) is 0.444. The van der Waals surface area contributed by atoms with Crippen molar-refractivity contribution in [2.24, 2.45) is 0 Å². The number of rotatable bonds is 0. The van der Waals surface area contributed by atoms with E-state index in [2.05, 4.69) is 10.6 Å². The number of halogens is 2. The SMILES string of the molecule is O=C1NC(Cl)NC1Cl. The lowest BCUT2D eigenvalue weighted by Gasteiger charge is -1.95. The predicted octanol–water partition coefficient (Wildman–Crippen LogP) is -0.207. The van der Waals surface area contributed by atoms with Crippen molar-refractivity contribution in [2.75, 3.05) is 0 Å². The first-order valence-electron chi connectivity index (χ1n) is 2.05. The van der Waals surface area contributed by atoms with Crippen LogP contribution in [0.1, 0.15) is 0 Å². The lowest BCUT2D eigenvalue weighted by molar-refractivity contribution is -0.119. The second-order valence-corrected chi connectivity index (χ2v) is 2.27.